The van der Waals surface area contributed by atoms with Crippen LogP contribution in [0.4, 0.5) is 0 Å². The van der Waals surface area contributed by atoms with Gasteiger partial charge in [-0.3, -0.25) is 9.36 Å². The minimum absolute atomic E-state index is 0.0166. The van der Waals surface area contributed by atoms with E-state index in [4.69, 9.17) is 9.05 Å². The monoisotopic (exact) mass is 929 g/mol. The van der Waals surface area contributed by atoms with Crippen LogP contribution < -0.4 is 10.2 Å². The number of unbranched alkanes of at least 4 members (excludes halogenated alkanes) is 40. The molecule has 0 heterocycles. The largest absolute Gasteiger partial charge is 0.756 e. The van der Waals surface area contributed by atoms with Crippen molar-refractivity contribution in [2.24, 2.45) is 0 Å². The average molecular weight is 929 g/mol. The van der Waals surface area contributed by atoms with E-state index in [1.54, 1.807) is 0 Å². The van der Waals surface area contributed by atoms with Crippen molar-refractivity contribution in [3.05, 3.63) is 0 Å². The summed E-state index contributed by atoms with van der Waals surface area (Å²) in [6.45, 7) is 4.77. The number of rotatable bonds is 53. The number of quaternary nitrogens is 1. The summed E-state index contributed by atoms with van der Waals surface area (Å²) in [6, 6.07) is -0.794. The lowest BCUT2D eigenvalue weighted by atomic mass is 10.0. The smallest absolute Gasteiger partial charge is 0.268 e. The first-order valence-electron chi connectivity index (χ1n) is 28.4. The highest BCUT2D eigenvalue weighted by atomic mass is 31.2. The SMILES string of the molecule is CCCCCCCCCCCCCCCCCCCCCCCCCCCC(=O)NC(COP(=O)([O-])OCC[N+](C)(C)C)C(O)CCCCCCCCCCCCCCCCCCC. The van der Waals surface area contributed by atoms with Gasteiger partial charge in [0.2, 0.25) is 5.91 Å². The second-order valence-electron chi connectivity index (χ2n) is 21.0. The molecule has 0 aliphatic rings. The molecule has 3 unspecified atom stereocenters. The van der Waals surface area contributed by atoms with E-state index in [0.717, 1.165) is 38.5 Å². The zero-order valence-corrected chi connectivity index (χ0v) is 44.7. The van der Waals surface area contributed by atoms with Crippen LogP contribution in [-0.4, -0.2) is 68.5 Å². The van der Waals surface area contributed by atoms with Gasteiger partial charge >= 0.3 is 0 Å². The number of carbonyl (C=O) groups is 1. The Labute approximate surface area is 399 Å². The molecular formula is C55H113N2O6P. The first-order chi connectivity index (χ1) is 31.0. The van der Waals surface area contributed by atoms with Gasteiger partial charge in [-0.05, 0) is 12.8 Å². The van der Waals surface area contributed by atoms with Gasteiger partial charge in [0.25, 0.3) is 7.82 Å². The Balaban J connectivity index is 4.10. The third kappa shape index (κ3) is 49.4. The molecule has 0 fully saturated rings. The number of carbonyl (C=O) groups excluding carboxylic acids is 1. The maximum absolute atomic E-state index is 13.0. The van der Waals surface area contributed by atoms with Crippen LogP contribution in [0.15, 0.2) is 0 Å². The molecule has 0 radical (unpaired) electrons. The summed E-state index contributed by atoms with van der Waals surface area (Å²) < 4.78 is 23.4. The van der Waals surface area contributed by atoms with E-state index in [1.165, 1.54) is 231 Å². The summed E-state index contributed by atoms with van der Waals surface area (Å²) in [5.74, 6) is -0.157. The molecule has 0 aliphatic heterocycles. The number of phosphoric acid groups is 1. The highest BCUT2D eigenvalue weighted by molar-refractivity contribution is 7.45. The molecular weight excluding hydrogens is 816 g/mol. The molecule has 0 aliphatic carbocycles. The molecule has 64 heavy (non-hydrogen) atoms. The minimum atomic E-state index is -4.57. The van der Waals surface area contributed by atoms with E-state index in [0.29, 0.717) is 23.9 Å². The molecule has 0 bridgehead atoms. The first-order valence-corrected chi connectivity index (χ1v) is 29.8. The van der Waals surface area contributed by atoms with Crippen molar-refractivity contribution in [3.63, 3.8) is 0 Å². The molecule has 1 amide bonds. The van der Waals surface area contributed by atoms with Gasteiger partial charge in [0.1, 0.15) is 13.2 Å². The van der Waals surface area contributed by atoms with Gasteiger partial charge in [-0.15, -0.1) is 0 Å². The number of nitrogens with zero attached hydrogens (tertiary/aromatic N) is 1. The summed E-state index contributed by atoms with van der Waals surface area (Å²) in [7, 11) is 1.32. The van der Waals surface area contributed by atoms with Gasteiger partial charge in [0, 0.05) is 6.42 Å². The second-order valence-corrected chi connectivity index (χ2v) is 22.4. The van der Waals surface area contributed by atoms with Gasteiger partial charge < -0.3 is 28.8 Å². The maximum Gasteiger partial charge on any atom is 0.268 e. The molecule has 0 saturated heterocycles. The summed E-state index contributed by atoms with van der Waals surface area (Å²) in [5, 5.41) is 14.0. The number of phosphoric ester groups is 1. The van der Waals surface area contributed by atoms with Crippen molar-refractivity contribution in [1.82, 2.24) is 5.32 Å². The van der Waals surface area contributed by atoms with Crippen LogP contribution in [0.25, 0.3) is 0 Å². The maximum atomic E-state index is 13.0. The zero-order chi connectivity index (χ0) is 47.1. The van der Waals surface area contributed by atoms with Crippen LogP contribution in [0.2, 0.25) is 0 Å². The Kier molecular flexibility index (Phi) is 47.2. The summed E-state index contributed by atoms with van der Waals surface area (Å²) in [4.78, 5) is 25.5. The van der Waals surface area contributed by atoms with Crippen LogP contribution in [0.3, 0.4) is 0 Å². The Hall–Kier alpha value is -0.500. The fourth-order valence-corrected chi connectivity index (χ4v) is 9.59. The van der Waals surface area contributed by atoms with Crippen LogP contribution in [0, 0.1) is 0 Å². The quantitative estimate of drug-likeness (QED) is 0.0357. The molecule has 8 nitrogen and oxygen atoms in total. The van der Waals surface area contributed by atoms with Gasteiger partial charge in [0.05, 0.1) is 39.9 Å². The summed E-state index contributed by atoms with van der Waals surface area (Å²) >= 11 is 0. The number of amides is 1. The third-order valence-corrected chi connectivity index (χ3v) is 14.3. The lowest BCUT2D eigenvalue weighted by molar-refractivity contribution is -0.870. The predicted octanol–water partition coefficient (Wildman–Crippen LogP) is 16.2. The standard InChI is InChI=1S/C55H113N2O6P/c1-6-8-10-12-14-16-18-20-22-24-25-26-27-28-29-30-31-33-35-37-39-41-43-45-47-49-55(59)56-53(52-63-64(60,61)62-51-50-57(3,4)5)54(58)48-46-44-42-40-38-36-34-32-23-21-19-17-15-13-11-9-7-2/h53-54,58H,6-52H2,1-5H3,(H-,56,59,60,61). The first kappa shape index (κ1) is 63.5. The molecule has 2 N–H and O–H groups in total. The molecule has 0 aromatic heterocycles. The van der Waals surface area contributed by atoms with Crippen molar-refractivity contribution in [1.29, 1.82) is 0 Å². The van der Waals surface area contributed by atoms with Crippen molar-refractivity contribution in [2.45, 2.75) is 309 Å². The van der Waals surface area contributed by atoms with Crippen molar-refractivity contribution in [2.75, 3.05) is 40.9 Å². The summed E-state index contributed by atoms with van der Waals surface area (Å²) in [5.41, 5.74) is 0. The van der Waals surface area contributed by atoms with Gasteiger partial charge in [0.15, 0.2) is 0 Å². The lowest BCUT2D eigenvalue weighted by Gasteiger charge is -2.30. The molecule has 0 saturated carbocycles. The van der Waals surface area contributed by atoms with Gasteiger partial charge in [-0.1, -0.05) is 277 Å². The topological polar surface area (TPSA) is 108 Å². The Morgan fingerprint density at radius 3 is 1.06 bits per heavy atom. The third-order valence-electron chi connectivity index (χ3n) is 13.3. The van der Waals surface area contributed by atoms with E-state index >= 15 is 0 Å². The average Bonchev–Trinajstić information content (AvgIpc) is 3.25. The fraction of sp³-hybridized carbons (Fsp3) is 0.982. The highest BCUT2D eigenvalue weighted by Gasteiger charge is 2.24. The van der Waals surface area contributed by atoms with Crippen LogP contribution >= 0.6 is 7.82 Å². The Bertz CT molecular complexity index is 1010. The number of hydrogen-bond donors (Lipinski definition) is 2. The minimum Gasteiger partial charge on any atom is -0.756 e. The molecule has 0 aromatic rings. The number of aliphatic hydroxyl groups excluding tert-OH is 1. The van der Waals surface area contributed by atoms with E-state index in [2.05, 4.69) is 19.2 Å². The molecule has 0 aromatic carbocycles. The molecule has 9 heteroatoms. The van der Waals surface area contributed by atoms with Gasteiger partial charge in [-0.2, -0.15) is 0 Å². The molecule has 0 spiro atoms. The van der Waals surface area contributed by atoms with Crippen LogP contribution in [0.5, 0.6) is 0 Å². The second kappa shape index (κ2) is 47.6. The highest BCUT2D eigenvalue weighted by Crippen LogP contribution is 2.38. The van der Waals surface area contributed by atoms with E-state index in [-0.39, 0.29) is 19.1 Å². The van der Waals surface area contributed by atoms with Crippen molar-refractivity contribution >= 4 is 13.7 Å². The van der Waals surface area contributed by atoms with Crippen LogP contribution in [-0.2, 0) is 18.4 Å². The molecule has 0 rings (SSSR count). The van der Waals surface area contributed by atoms with Crippen LogP contribution in [0.1, 0.15) is 296 Å². The van der Waals surface area contributed by atoms with E-state index in [1.807, 2.05) is 21.1 Å². The van der Waals surface area contributed by atoms with E-state index < -0.39 is 20.0 Å². The number of likely N-dealkylation sites (N-methyl/N-ethyl adjacent to an activating group) is 1. The van der Waals surface area contributed by atoms with E-state index in [9.17, 15) is 19.4 Å². The number of aliphatic hydroxyl groups is 1. The van der Waals surface area contributed by atoms with Crippen molar-refractivity contribution < 1.29 is 32.9 Å². The number of nitrogens with one attached hydrogen (secondary N) is 1. The number of hydrogen-bond acceptors (Lipinski definition) is 6. The predicted molar refractivity (Wildman–Crippen MR) is 275 cm³/mol. The van der Waals surface area contributed by atoms with Gasteiger partial charge in [-0.25, -0.2) is 0 Å². The molecule has 384 valence electrons. The zero-order valence-electron chi connectivity index (χ0n) is 43.8. The van der Waals surface area contributed by atoms with Crippen molar-refractivity contribution in [3.8, 4) is 0 Å². The lowest BCUT2D eigenvalue weighted by Crippen LogP contribution is -2.46. The molecule has 3 atom stereocenters. The Morgan fingerprint density at radius 1 is 0.484 bits per heavy atom. The summed E-state index contributed by atoms with van der Waals surface area (Å²) in [6.07, 6.45) is 55.6. The normalized spacial score (nSPS) is 13.9. The Morgan fingerprint density at radius 2 is 0.766 bits per heavy atom. The fourth-order valence-electron chi connectivity index (χ4n) is 8.87.